The minimum Gasteiger partial charge on any atom is -0.508 e. The summed E-state index contributed by atoms with van der Waals surface area (Å²) in [5.41, 5.74) is -0.364. The SMILES string of the molecule is CC#Cc1nc(-c2cc(O)cc3ccc(F)c(Cl)c23)c(F)c2nc(OC[C@@]34CCCN3C[C@H](F)C4)nc(N3C[C@H]4CC[C@@H](C3)N4)c12. The number of nitrogens with zero attached hydrogens (tertiary/aromatic N) is 5. The molecule has 4 fully saturated rings. The molecule has 4 atom stereocenters. The van der Waals surface area contributed by atoms with E-state index in [-0.39, 0.29) is 63.3 Å². The van der Waals surface area contributed by atoms with Gasteiger partial charge in [-0.3, -0.25) is 4.90 Å². The van der Waals surface area contributed by atoms with Gasteiger partial charge >= 0.3 is 6.01 Å². The highest BCUT2D eigenvalue weighted by Gasteiger charge is 2.49. The number of aromatic nitrogens is 3. The molecule has 0 spiro atoms. The van der Waals surface area contributed by atoms with Crippen LogP contribution in [0.4, 0.5) is 19.0 Å². The zero-order valence-corrected chi connectivity index (χ0v) is 26.0. The van der Waals surface area contributed by atoms with Crippen molar-refractivity contribution < 1.29 is 23.0 Å². The summed E-state index contributed by atoms with van der Waals surface area (Å²) in [7, 11) is 0. The Balaban J connectivity index is 1.33. The number of hydrogen-bond acceptors (Lipinski definition) is 8. The second-order valence-electron chi connectivity index (χ2n) is 12.9. The highest BCUT2D eigenvalue weighted by molar-refractivity contribution is 6.37. The standard InChI is InChI=1S/C34H32ClF3N6O2/c1-2-4-25-27-31(29(38)30(40-25)23-12-22(45)11-18-5-8-24(37)28(35)26(18)23)41-33(42-32(27)43-15-20-6-7-21(16-43)39-20)46-17-34-9-3-10-44(34)14-19(36)13-34/h5,8,11-12,19-21,39,45H,3,6-7,9-10,13-17H2,1H3/t19-,20-,21+,34+/m1/s1. The van der Waals surface area contributed by atoms with Crippen LogP contribution in [0.25, 0.3) is 32.9 Å². The fourth-order valence-electron chi connectivity index (χ4n) is 8.00. The van der Waals surface area contributed by atoms with Crippen molar-refractivity contribution in [2.45, 2.75) is 62.8 Å². The van der Waals surface area contributed by atoms with Gasteiger partial charge < -0.3 is 20.1 Å². The molecular formula is C34H32ClF3N6O2. The van der Waals surface area contributed by atoms with Gasteiger partial charge in [0.2, 0.25) is 0 Å². The normalized spacial score (nSPS) is 25.7. The zero-order chi connectivity index (χ0) is 31.7. The van der Waals surface area contributed by atoms with E-state index in [1.54, 1.807) is 6.92 Å². The van der Waals surface area contributed by atoms with Gasteiger partial charge in [0, 0.05) is 49.1 Å². The summed E-state index contributed by atoms with van der Waals surface area (Å²) in [5.74, 6) is 4.70. The van der Waals surface area contributed by atoms with Crippen molar-refractivity contribution in [2.75, 3.05) is 37.7 Å². The lowest BCUT2D eigenvalue weighted by atomic mass is 9.95. The van der Waals surface area contributed by atoms with Crippen molar-refractivity contribution in [1.82, 2.24) is 25.2 Å². The van der Waals surface area contributed by atoms with Crippen molar-refractivity contribution in [3.63, 3.8) is 0 Å². The Hall–Kier alpha value is -3.85. The summed E-state index contributed by atoms with van der Waals surface area (Å²) >= 11 is 6.42. The number of hydrogen-bond donors (Lipinski definition) is 2. The lowest BCUT2D eigenvalue weighted by molar-refractivity contribution is 0.107. The van der Waals surface area contributed by atoms with E-state index in [0.29, 0.717) is 42.6 Å². The first kappa shape index (κ1) is 29.5. The molecule has 0 saturated carbocycles. The zero-order valence-electron chi connectivity index (χ0n) is 25.2. The molecule has 2 aromatic heterocycles. The molecule has 12 heteroatoms. The van der Waals surface area contributed by atoms with Gasteiger partial charge in [-0.15, -0.1) is 0 Å². The van der Waals surface area contributed by atoms with Gasteiger partial charge in [-0.25, -0.2) is 18.2 Å². The summed E-state index contributed by atoms with van der Waals surface area (Å²) in [5, 5.41) is 14.9. The van der Waals surface area contributed by atoms with Crippen LogP contribution >= 0.6 is 11.6 Å². The van der Waals surface area contributed by atoms with E-state index in [2.05, 4.69) is 36.9 Å². The maximum absolute atomic E-state index is 17.0. The molecule has 2 aromatic carbocycles. The minimum absolute atomic E-state index is 0.0202. The molecule has 6 heterocycles. The number of piperazine rings is 1. The number of pyridine rings is 1. The van der Waals surface area contributed by atoms with Crippen LogP contribution in [-0.4, -0.2) is 81.5 Å². The fraction of sp³-hybridized carbons (Fsp3) is 0.441. The van der Waals surface area contributed by atoms with E-state index in [0.717, 1.165) is 32.2 Å². The first-order chi connectivity index (χ1) is 22.2. The third-order valence-corrected chi connectivity index (χ3v) is 10.4. The first-order valence-corrected chi connectivity index (χ1v) is 16.1. The Morgan fingerprint density at radius 3 is 2.70 bits per heavy atom. The molecule has 0 unspecified atom stereocenters. The number of halogens is 4. The van der Waals surface area contributed by atoms with Gasteiger partial charge in [0.1, 0.15) is 47.1 Å². The van der Waals surface area contributed by atoms with Crippen LogP contribution in [0, 0.1) is 23.5 Å². The van der Waals surface area contributed by atoms with Crippen molar-refractivity contribution in [3.8, 4) is 34.9 Å². The smallest absolute Gasteiger partial charge is 0.319 e. The van der Waals surface area contributed by atoms with Crippen LogP contribution in [0.5, 0.6) is 11.8 Å². The van der Waals surface area contributed by atoms with Gasteiger partial charge in [-0.05, 0) is 68.7 Å². The minimum atomic E-state index is -0.927. The van der Waals surface area contributed by atoms with Crippen LogP contribution in [0.2, 0.25) is 5.02 Å². The third-order valence-electron chi connectivity index (χ3n) is 9.98. The number of aromatic hydroxyl groups is 1. The number of benzene rings is 2. The van der Waals surface area contributed by atoms with Crippen LogP contribution < -0.4 is 15.0 Å². The molecule has 2 N–H and O–H groups in total. The van der Waals surface area contributed by atoms with Gasteiger partial charge in [0.25, 0.3) is 0 Å². The molecule has 0 amide bonds. The van der Waals surface area contributed by atoms with Crippen molar-refractivity contribution in [1.29, 1.82) is 0 Å². The van der Waals surface area contributed by atoms with E-state index in [1.165, 1.54) is 24.3 Å². The van der Waals surface area contributed by atoms with E-state index >= 15 is 4.39 Å². The Morgan fingerprint density at radius 1 is 1.11 bits per heavy atom. The Labute approximate surface area is 268 Å². The molecule has 238 valence electrons. The van der Waals surface area contributed by atoms with Gasteiger partial charge in [0.15, 0.2) is 5.82 Å². The molecule has 4 aromatic rings. The van der Waals surface area contributed by atoms with Gasteiger partial charge in [-0.2, -0.15) is 9.97 Å². The number of rotatable bonds is 5. The summed E-state index contributed by atoms with van der Waals surface area (Å²) < 4.78 is 52.5. The number of anilines is 1. The summed E-state index contributed by atoms with van der Waals surface area (Å²) in [6.07, 6.45) is 3.24. The quantitative estimate of drug-likeness (QED) is 0.265. The fourth-order valence-corrected chi connectivity index (χ4v) is 8.27. The Bertz CT molecular complexity index is 1960. The molecule has 4 saturated heterocycles. The number of fused-ring (bicyclic) bond motifs is 5. The average molecular weight is 649 g/mol. The van der Waals surface area contributed by atoms with Gasteiger partial charge in [-0.1, -0.05) is 23.6 Å². The van der Waals surface area contributed by atoms with Crippen LogP contribution in [0.1, 0.15) is 44.7 Å². The molecule has 8 rings (SSSR count). The number of phenols is 1. The molecule has 0 aliphatic carbocycles. The van der Waals surface area contributed by atoms with Crippen LogP contribution in [0.15, 0.2) is 24.3 Å². The predicted octanol–water partition coefficient (Wildman–Crippen LogP) is 5.75. The van der Waals surface area contributed by atoms with Crippen LogP contribution in [0.3, 0.4) is 0 Å². The first-order valence-electron chi connectivity index (χ1n) is 15.7. The second-order valence-corrected chi connectivity index (χ2v) is 13.3. The van der Waals surface area contributed by atoms with Crippen molar-refractivity contribution in [3.05, 3.63) is 46.6 Å². The highest BCUT2D eigenvalue weighted by Crippen LogP contribution is 2.43. The van der Waals surface area contributed by atoms with Crippen LogP contribution in [-0.2, 0) is 0 Å². The largest absolute Gasteiger partial charge is 0.508 e. The maximum Gasteiger partial charge on any atom is 0.319 e. The van der Waals surface area contributed by atoms with Crippen molar-refractivity contribution in [2.24, 2.45) is 0 Å². The van der Waals surface area contributed by atoms with E-state index in [4.69, 9.17) is 21.3 Å². The number of ether oxygens (including phenoxy) is 1. The lowest BCUT2D eigenvalue weighted by Crippen LogP contribution is -2.51. The molecule has 4 aliphatic rings. The molecular weight excluding hydrogens is 617 g/mol. The van der Waals surface area contributed by atoms with Gasteiger partial charge in [0.05, 0.1) is 15.9 Å². The van der Waals surface area contributed by atoms with Crippen molar-refractivity contribution >= 4 is 39.1 Å². The lowest BCUT2D eigenvalue weighted by Gasteiger charge is -2.35. The van der Waals surface area contributed by atoms with E-state index in [1.807, 2.05) is 0 Å². The number of phenolic OH excluding ortho intramolecular Hbond substituents is 1. The average Bonchev–Trinajstić information content (AvgIpc) is 3.68. The summed E-state index contributed by atoms with van der Waals surface area (Å²) in [6, 6.07) is 5.89. The molecule has 0 radical (unpaired) electrons. The number of nitrogens with one attached hydrogen (secondary N) is 1. The molecule has 4 aliphatic heterocycles. The molecule has 46 heavy (non-hydrogen) atoms. The van der Waals surface area contributed by atoms with E-state index in [9.17, 15) is 13.9 Å². The highest BCUT2D eigenvalue weighted by atomic mass is 35.5. The summed E-state index contributed by atoms with van der Waals surface area (Å²) in [4.78, 5) is 18.4. The second kappa shape index (κ2) is 11.1. The molecule has 8 nitrogen and oxygen atoms in total. The Kier molecular flexibility index (Phi) is 7.16. The molecule has 2 bridgehead atoms. The third kappa shape index (κ3) is 4.81. The maximum atomic E-state index is 17.0. The topological polar surface area (TPSA) is 86.6 Å². The Morgan fingerprint density at radius 2 is 1.91 bits per heavy atom. The predicted molar refractivity (Wildman–Crippen MR) is 170 cm³/mol. The number of alkyl halides is 1. The summed E-state index contributed by atoms with van der Waals surface area (Å²) in [6.45, 7) is 4.32. The van der Waals surface area contributed by atoms with E-state index < -0.39 is 23.3 Å². The monoisotopic (exact) mass is 648 g/mol.